The van der Waals surface area contributed by atoms with Crippen LogP contribution in [0, 0.1) is 5.92 Å². The molecule has 2 fully saturated rings. The third kappa shape index (κ3) is 6.75. The summed E-state index contributed by atoms with van der Waals surface area (Å²) in [5.74, 6) is 1.51. The first-order valence-corrected chi connectivity index (χ1v) is 10.8. The summed E-state index contributed by atoms with van der Waals surface area (Å²) in [5.41, 5.74) is 7.30. The van der Waals surface area contributed by atoms with Gasteiger partial charge in [0.05, 0.1) is 0 Å². The van der Waals surface area contributed by atoms with Crippen LogP contribution in [0.1, 0.15) is 44.1 Å². The molecule has 2 aliphatic rings. The first kappa shape index (κ1) is 22.2. The van der Waals surface area contributed by atoms with Crippen LogP contribution in [0.3, 0.4) is 0 Å². The van der Waals surface area contributed by atoms with Gasteiger partial charge in [0.2, 0.25) is 0 Å². The van der Waals surface area contributed by atoms with Crippen molar-refractivity contribution < 1.29 is 0 Å². The molecular weight excluding hydrogens is 334 g/mol. The Kier molecular flexibility index (Phi) is 10.1. The average molecular weight is 376 g/mol. The molecule has 5 N–H and O–H groups in total. The van der Waals surface area contributed by atoms with Crippen molar-refractivity contribution in [1.29, 1.82) is 0 Å². The number of rotatable bonds is 7. The number of nitrogens with one attached hydrogen (secondary N) is 3. The van der Waals surface area contributed by atoms with Gasteiger partial charge in [-0.1, -0.05) is 25.1 Å². The molecule has 154 valence electrons. The van der Waals surface area contributed by atoms with Crippen molar-refractivity contribution in [3.8, 4) is 0 Å². The molecule has 1 aromatic carbocycles. The van der Waals surface area contributed by atoms with Crippen molar-refractivity contribution in [2.45, 2.75) is 44.6 Å². The largest absolute Gasteiger partial charge is 0.388 e. The number of hydrogen-bond donors (Lipinski definition) is 4. The number of nitrogens with zero attached hydrogens (tertiary/aromatic N) is 1. The highest BCUT2D eigenvalue weighted by Crippen LogP contribution is 2.33. The third-order valence-electron chi connectivity index (χ3n) is 5.93. The van der Waals surface area contributed by atoms with Crippen LogP contribution in [-0.2, 0) is 0 Å². The second-order valence-electron chi connectivity index (χ2n) is 7.79. The van der Waals surface area contributed by atoms with Crippen LogP contribution < -0.4 is 21.7 Å². The van der Waals surface area contributed by atoms with Gasteiger partial charge in [0.1, 0.15) is 0 Å². The second-order valence-corrected chi connectivity index (χ2v) is 7.79. The quantitative estimate of drug-likeness (QED) is 0.590. The number of anilines is 1. The molecule has 5 nitrogen and oxygen atoms in total. The smallest absolute Gasteiger partial charge is 0.0372 e. The molecular formula is C22H41N5. The minimum Gasteiger partial charge on any atom is -0.388 e. The van der Waals surface area contributed by atoms with Crippen LogP contribution in [0.2, 0.25) is 0 Å². The summed E-state index contributed by atoms with van der Waals surface area (Å²) >= 11 is 0. The maximum absolute atomic E-state index is 4.50. The predicted molar refractivity (Wildman–Crippen MR) is 118 cm³/mol. The molecule has 0 radical (unpaired) electrons. The van der Waals surface area contributed by atoms with Crippen molar-refractivity contribution in [1.82, 2.24) is 15.5 Å². The Morgan fingerprint density at radius 2 is 2.04 bits per heavy atom. The zero-order valence-electron chi connectivity index (χ0n) is 17.6. The Bertz CT molecular complexity index is 521. The molecule has 1 aromatic rings. The molecule has 0 aromatic heterocycles. The van der Waals surface area contributed by atoms with Gasteiger partial charge in [0.25, 0.3) is 0 Å². The topological polar surface area (TPSA) is 65.3 Å². The molecule has 2 aliphatic heterocycles. The van der Waals surface area contributed by atoms with E-state index in [1.54, 1.807) is 0 Å². The monoisotopic (exact) mass is 375 g/mol. The molecule has 3 unspecified atom stereocenters. The number of nitrogens with two attached hydrogens (primary N) is 1. The van der Waals surface area contributed by atoms with E-state index in [0.717, 1.165) is 19.0 Å². The molecule has 5 heteroatoms. The van der Waals surface area contributed by atoms with E-state index < -0.39 is 0 Å². The van der Waals surface area contributed by atoms with Gasteiger partial charge in [-0.15, -0.1) is 0 Å². The Labute approximate surface area is 166 Å². The summed E-state index contributed by atoms with van der Waals surface area (Å²) in [6, 6.07) is 9.46. The predicted octanol–water partition coefficient (Wildman–Crippen LogP) is 2.46. The van der Waals surface area contributed by atoms with E-state index in [1.165, 1.54) is 70.2 Å². The minimum absolute atomic E-state index is 0.626. The number of likely N-dealkylation sites (tertiary alicyclic amines) is 1. The van der Waals surface area contributed by atoms with E-state index in [0.29, 0.717) is 12.0 Å². The zero-order chi connectivity index (χ0) is 19.5. The fourth-order valence-corrected chi connectivity index (χ4v) is 4.65. The maximum atomic E-state index is 4.50. The second kappa shape index (κ2) is 12.3. The van der Waals surface area contributed by atoms with E-state index >= 15 is 0 Å². The normalized spacial score (nSPS) is 26.1. The van der Waals surface area contributed by atoms with Gasteiger partial charge in [-0.25, -0.2) is 0 Å². The van der Waals surface area contributed by atoms with E-state index in [4.69, 9.17) is 0 Å². The molecule has 0 saturated carbocycles. The number of benzene rings is 1. The van der Waals surface area contributed by atoms with Gasteiger partial charge in [0.15, 0.2) is 0 Å². The first-order valence-electron chi connectivity index (χ1n) is 10.8. The highest BCUT2D eigenvalue weighted by molar-refractivity contribution is 5.52. The van der Waals surface area contributed by atoms with E-state index in [1.807, 2.05) is 7.05 Å². The first-order chi connectivity index (χ1) is 13.3. The molecule has 0 spiro atoms. The fourth-order valence-electron chi connectivity index (χ4n) is 4.65. The van der Waals surface area contributed by atoms with Gasteiger partial charge < -0.3 is 26.6 Å². The lowest BCUT2D eigenvalue weighted by Crippen LogP contribution is -2.49. The van der Waals surface area contributed by atoms with Crippen molar-refractivity contribution in [3.63, 3.8) is 0 Å². The van der Waals surface area contributed by atoms with Crippen LogP contribution in [0.4, 0.5) is 5.69 Å². The molecule has 3 atom stereocenters. The third-order valence-corrected chi connectivity index (χ3v) is 5.93. The van der Waals surface area contributed by atoms with E-state index in [2.05, 4.69) is 57.8 Å². The highest BCUT2D eigenvalue weighted by atomic mass is 15.2. The molecule has 0 aliphatic carbocycles. The van der Waals surface area contributed by atoms with Crippen LogP contribution in [0.15, 0.2) is 24.3 Å². The lowest BCUT2D eigenvalue weighted by Gasteiger charge is -2.38. The Morgan fingerprint density at radius 1 is 1.22 bits per heavy atom. The molecule has 27 heavy (non-hydrogen) atoms. The standard InChI is InChI=1S/C21H36N4.CH5N/c1-3-23-14-17-7-6-12-25(15-17)16-19-13-18(10-11-24-19)20-8-4-5-9-21(20)22-2;1-2/h4-5,8-9,17-19,22-24H,3,6-7,10-16H2,1-2H3;2H2,1H3. The van der Waals surface area contributed by atoms with Crippen LogP contribution in [0.5, 0.6) is 0 Å². The minimum atomic E-state index is 0.626. The Balaban J connectivity index is 0.00000126. The summed E-state index contributed by atoms with van der Waals surface area (Å²) in [6.07, 6.45) is 5.25. The van der Waals surface area contributed by atoms with Gasteiger partial charge in [-0.05, 0) is 82.4 Å². The summed E-state index contributed by atoms with van der Waals surface area (Å²) in [4.78, 5) is 2.70. The lowest BCUT2D eigenvalue weighted by molar-refractivity contribution is 0.147. The lowest BCUT2D eigenvalue weighted by atomic mass is 9.85. The Hall–Kier alpha value is -1.14. The van der Waals surface area contributed by atoms with Crippen molar-refractivity contribution in [3.05, 3.63) is 29.8 Å². The highest BCUT2D eigenvalue weighted by Gasteiger charge is 2.27. The number of para-hydroxylation sites is 1. The van der Waals surface area contributed by atoms with E-state index in [9.17, 15) is 0 Å². The number of piperidine rings is 2. The van der Waals surface area contributed by atoms with Gasteiger partial charge in [0, 0.05) is 31.9 Å². The molecule has 0 bridgehead atoms. The van der Waals surface area contributed by atoms with Gasteiger partial charge in [-0.2, -0.15) is 0 Å². The van der Waals surface area contributed by atoms with Gasteiger partial charge in [-0.3, -0.25) is 0 Å². The molecule has 3 rings (SSSR count). The zero-order valence-corrected chi connectivity index (χ0v) is 17.6. The summed E-state index contributed by atoms with van der Waals surface area (Å²) in [6.45, 7) is 9.37. The van der Waals surface area contributed by atoms with Crippen molar-refractivity contribution in [2.24, 2.45) is 11.7 Å². The van der Waals surface area contributed by atoms with Crippen molar-refractivity contribution in [2.75, 3.05) is 58.7 Å². The molecule has 2 saturated heterocycles. The summed E-state index contributed by atoms with van der Waals surface area (Å²) < 4.78 is 0. The number of hydrogen-bond acceptors (Lipinski definition) is 5. The van der Waals surface area contributed by atoms with Crippen LogP contribution in [0.25, 0.3) is 0 Å². The fraction of sp³-hybridized carbons (Fsp3) is 0.727. The summed E-state index contributed by atoms with van der Waals surface area (Å²) in [5, 5.41) is 10.7. The van der Waals surface area contributed by atoms with E-state index in [-0.39, 0.29) is 0 Å². The molecule has 2 heterocycles. The maximum Gasteiger partial charge on any atom is 0.0372 e. The Morgan fingerprint density at radius 3 is 2.81 bits per heavy atom. The van der Waals surface area contributed by atoms with Crippen LogP contribution in [-0.4, -0.2) is 64.3 Å². The summed E-state index contributed by atoms with van der Waals surface area (Å²) in [7, 11) is 3.54. The molecule has 0 amide bonds. The SMILES string of the molecule is CCNCC1CCCN(CC2CC(c3ccccc3NC)CCN2)C1.CN. The van der Waals surface area contributed by atoms with Gasteiger partial charge >= 0.3 is 0 Å². The average Bonchev–Trinajstić information content (AvgIpc) is 2.74. The van der Waals surface area contributed by atoms with Crippen molar-refractivity contribution >= 4 is 5.69 Å². The van der Waals surface area contributed by atoms with Crippen LogP contribution >= 0.6 is 0 Å².